The number of esters is 1. The van der Waals surface area contributed by atoms with Crippen LogP contribution in [0.1, 0.15) is 18.6 Å². The minimum absolute atomic E-state index is 0.0476. The Morgan fingerprint density at radius 1 is 1.56 bits per heavy atom. The van der Waals surface area contributed by atoms with Crippen molar-refractivity contribution in [3.05, 3.63) is 29.8 Å². The van der Waals surface area contributed by atoms with E-state index in [2.05, 4.69) is 4.74 Å². The number of halogens is 1. The van der Waals surface area contributed by atoms with E-state index >= 15 is 0 Å². The van der Waals surface area contributed by atoms with E-state index in [0.29, 0.717) is 0 Å². The predicted octanol–water partition coefficient (Wildman–Crippen LogP) is 1.33. The molecule has 0 fully saturated rings. The quantitative estimate of drug-likeness (QED) is 0.763. The number of phenolic OH excluding ortho intramolecular Hbond substituents is 1. The number of hydrogen-bond donors (Lipinski definition) is 2. The molecule has 1 aromatic carbocycles. The maximum absolute atomic E-state index is 13.4. The van der Waals surface area contributed by atoms with E-state index in [1.807, 2.05) is 0 Å². The van der Waals surface area contributed by atoms with E-state index in [4.69, 9.17) is 5.11 Å². The zero-order valence-corrected chi connectivity index (χ0v) is 8.76. The molecule has 2 N–H and O–H groups in total. The zero-order valence-electron chi connectivity index (χ0n) is 8.76. The summed E-state index contributed by atoms with van der Waals surface area (Å²) in [5.74, 6) is -1.22. The van der Waals surface area contributed by atoms with Crippen molar-refractivity contribution in [1.82, 2.24) is 0 Å². The molecule has 0 aliphatic heterocycles. The molecule has 0 heterocycles. The molecule has 1 aromatic rings. The Balaban J connectivity index is 2.77. The van der Waals surface area contributed by atoms with Crippen LogP contribution in [0.2, 0.25) is 0 Å². The van der Waals surface area contributed by atoms with E-state index in [1.165, 1.54) is 24.3 Å². The third-order valence-corrected chi connectivity index (χ3v) is 2.00. The van der Waals surface area contributed by atoms with E-state index in [1.54, 1.807) is 6.92 Å². The second-order valence-electron chi connectivity index (χ2n) is 3.19. The monoisotopic (exact) mass is 228 g/mol. The number of aliphatic hydroxyl groups is 1. The fourth-order valence-corrected chi connectivity index (χ4v) is 1.23. The van der Waals surface area contributed by atoms with Crippen molar-refractivity contribution in [2.24, 2.45) is 0 Å². The average Bonchev–Trinajstić information content (AvgIpc) is 2.27. The number of rotatable bonds is 4. The zero-order chi connectivity index (χ0) is 12.1. The van der Waals surface area contributed by atoms with Crippen LogP contribution in [0, 0.1) is 0 Å². The Morgan fingerprint density at radius 3 is 2.81 bits per heavy atom. The van der Waals surface area contributed by atoms with E-state index < -0.39 is 18.2 Å². The van der Waals surface area contributed by atoms with Crippen molar-refractivity contribution in [3.63, 3.8) is 0 Å². The summed E-state index contributed by atoms with van der Waals surface area (Å²) in [4.78, 5) is 11.0. The van der Waals surface area contributed by atoms with Gasteiger partial charge in [0.1, 0.15) is 11.9 Å². The molecule has 0 saturated carbocycles. The first kappa shape index (κ1) is 12.4. The van der Waals surface area contributed by atoms with Gasteiger partial charge >= 0.3 is 5.97 Å². The third kappa shape index (κ3) is 2.93. The molecule has 0 aliphatic rings. The number of hydrogen-bond acceptors (Lipinski definition) is 4. The second kappa shape index (κ2) is 5.46. The molecular formula is C11H13FO4. The Hall–Kier alpha value is -1.62. The van der Waals surface area contributed by atoms with Crippen LogP contribution in [0.4, 0.5) is 4.39 Å². The summed E-state index contributed by atoms with van der Waals surface area (Å²) in [5.41, 5.74) is 0.126. The molecule has 0 radical (unpaired) electrons. The first-order valence-corrected chi connectivity index (χ1v) is 4.84. The van der Waals surface area contributed by atoms with Gasteiger partial charge in [-0.2, -0.15) is 0 Å². The van der Waals surface area contributed by atoms with Crippen LogP contribution in [0.5, 0.6) is 5.75 Å². The molecule has 0 aromatic heterocycles. The second-order valence-corrected chi connectivity index (χ2v) is 3.19. The lowest BCUT2D eigenvalue weighted by molar-refractivity contribution is -0.153. The highest BCUT2D eigenvalue weighted by atomic mass is 19.1. The summed E-state index contributed by atoms with van der Waals surface area (Å²) in [6.07, 6.45) is -3.78. The number of benzene rings is 1. The van der Waals surface area contributed by atoms with Gasteiger partial charge in [0.2, 0.25) is 6.17 Å². The summed E-state index contributed by atoms with van der Waals surface area (Å²) < 4.78 is 17.8. The fraction of sp³-hybridized carbons (Fsp3) is 0.364. The van der Waals surface area contributed by atoms with Gasteiger partial charge in [-0.3, -0.25) is 0 Å². The topological polar surface area (TPSA) is 66.8 Å². The van der Waals surface area contributed by atoms with Crippen molar-refractivity contribution in [2.45, 2.75) is 19.2 Å². The maximum atomic E-state index is 13.4. The van der Waals surface area contributed by atoms with Gasteiger partial charge in [0.15, 0.2) is 0 Å². The highest BCUT2D eigenvalue weighted by Gasteiger charge is 2.29. The number of aliphatic hydroxyl groups excluding tert-OH is 1. The molecular weight excluding hydrogens is 215 g/mol. The van der Waals surface area contributed by atoms with Crippen LogP contribution < -0.4 is 0 Å². The van der Waals surface area contributed by atoms with Crippen LogP contribution in [-0.4, -0.2) is 29.0 Å². The Kier molecular flexibility index (Phi) is 4.25. The van der Waals surface area contributed by atoms with Gasteiger partial charge in [-0.15, -0.1) is 0 Å². The van der Waals surface area contributed by atoms with Gasteiger partial charge in [-0.05, 0) is 24.6 Å². The lowest BCUT2D eigenvalue weighted by atomic mass is 10.1. The number of carbonyl (C=O) groups is 1. The summed E-state index contributed by atoms with van der Waals surface area (Å²) in [6, 6.07) is 5.44. The van der Waals surface area contributed by atoms with Gasteiger partial charge in [0.25, 0.3) is 0 Å². The Bertz CT molecular complexity index is 367. The molecule has 0 saturated heterocycles. The minimum atomic E-state index is -2.15. The van der Waals surface area contributed by atoms with Gasteiger partial charge in [0, 0.05) is 0 Å². The van der Waals surface area contributed by atoms with Crippen LogP contribution >= 0.6 is 0 Å². The number of carbonyl (C=O) groups excluding carboxylic acids is 1. The highest BCUT2D eigenvalue weighted by Crippen LogP contribution is 2.23. The van der Waals surface area contributed by atoms with Crippen molar-refractivity contribution in [1.29, 1.82) is 0 Å². The summed E-state index contributed by atoms with van der Waals surface area (Å²) in [6.45, 7) is 1.59. The molecule has 1 rings (SSSR count). The maximum Gasteiger partial charge on any atom is 0.343 e. The van der Waals surface area contributed by atoms with Crippen molar-refractivity contribution >= 4 is 5.97 Å². The normalized spacial score (nSPS) is 14.2. The number of ether oxygens (including phenoxy) is 1. The highest BCUT2D eigenvalue weighted by molar-refractivity contribution is 5.75. The summed E-state index contributed by atoms with van der Waals surface area (Å²) in [7, 11) is 0. The summed E-state index contributed by atoms with van der Waals surface area (Å²) >= 11 is 0. The molecule has 0 amide bonds. The Morgan fingerprint density at radius 2 is 2.25 bits per heavy atom. The molecule has 2 unspecified atom stereocenters. The van der Waals surface area contributed by atoms with E-state index in [-0.39, 0.29) is 17.9 Å². The number of aromatic hydroxyl groups is 1. The van der Waals surface area contributed by atoms with Gasteiger partial charge in [-0.1, -0.05) is 12.1 Å². The van der Waals surface area contributed by atoms with Gasteiger partial charge in [0.05, 0.1) is 6.61 Å². The van der Waals surface area contributed by atoms with Crippen molar-refractivity contribution in [2.75, 3.05) is 6.61 Å². The fourth-order valence-electron chi connectivity index (χ4n) is 1.23. The third-order valence-electron chi connectivity index (χ3n) is 2.00. The van der Waals surface area contributed by atoms with Gasteiger partial charge < -0.3 is 14.9 Å². The molecule has 88 valence electrons. The lowest BCUT2D eigenvalue weighted by Gasteiger charge is -2.14. The first-order chi connectivity index (χ1) is 7.56. The molecule has 16 heavy (non-hydrogen) atoms. The summed E-state index contributed by atoms with van der Waals surface area (Å²) in [5, 5.41) is 18.7. The molecule has 4 nitrogen and oxygen atoms in total. The standard InChI is InChI=1S/C11H13FO4/c1-2-16-11(15)9(12)10(14)7-4-3-5-8(13)6-7/h3-6,9-10,13-14H,2H2,1H3. The predicted molar refractivity (Wildman–Crippen MR) is 54.6 cm³/mol. The van der Waals surface area contributed by atoms with E-state index in [0.717, 1.165) is 0 Å². The average molecular weight is 228 g/mol. The minimum Gasteiger partial charge on any atom is -0.508 e. The van der Waals surface area contributed by atoms with Gasteiger partial charge in [-0.25, -0.2) is 9.18 Å². The van der Waals surface area contributed by atoms with Crippen LogP contribution in [-0.2, 0) is 9.53 Å². The SMILES string of the molecule is CCOC(=O)C(F)C(O)c1cccc(O)c1. The molecule has 0 spiro atoms. The van der Waals surface area contributed by atoms with Crippen molar-refractivity contribution < 1.29 is 24.1 Å². The first-order valence-electron chi connectivity index (χ1n) is 4.84. The van der Waals surface area contributed by atoms with E-state index in [9.17, 15) is 14.3 Å². The molecule has 0 bridgehead atoms. The van der Waals surface area contributed by atoms with Crippen LogP contribution in [0.3, 0.4) is 0 Å². The van der Waals surface area contributed by atoms with Crippen LogP contribution in [0.15, 0.2) is 24.3 Å². The smallest absolute Gasteiger partial charge is 0.343 e. The molecule has 2 atom stereocenters. The Labute approximate surface area is 92.3 Å². The molecule has 0 aliphatic carbocycles. The molecule has 5 heteroatoms. The van der Waals surface area contributed by atoms with Crippen LogP contribution in [0.25, 0.3) is 0 Å². The number of alkyl halides is 1. The largest absolute Gasteiger partial charge is 0.508 e. The van der Waals surface area contributed by atoms with Crippen molar-refractivity contribution in [3.8, 4) is 5.75 Å². The number of phenols is 1. The lowest BCUT2D eigenvalue weighted by Crippen LogP contribution is -2.26.